The third kappa shape index (κ3) is 2.03. The van der Waals surface area contributed by atoms with E-state index in [4.69, 9.17) is 11.6 Å². The SMILES string of the molecule is O=C(Nc1ccc(Cl)cc1)C1(O)C(=O)c2ccccc2C1=O. The van der Waals surface area contributed by atoms with Gasteiger partial charge in [0.25, 0.3) is 11.5 Å². The number of carbonyl (C=O) groups is 3. The molecule has 1 aliphatic rings. The lowest BCUT2D eigenvalue weighted by Crippen LogP contribution is -2.52. The van der Waals surface area contributed by atoms with Gasteiger partial charge in [-0.2, -0.15) is 0 Å². The Balaban J connectivity index is 1.94. The average Bonchev–Trinajstić information content (AvgIpc) is 2.73. The van der Waals surface area contributed by atoms with Crippen LogP contribution in [0.25, 0.3) is 0 Å². The van der Waals surface area contributed by atoms with Crippen molar-refractivity contribution in [3.8, 4) is 0 Å². The summed E-state index contributed by atoms with van der Waals surface area (Å²) in [7, 11) is 0. The quantitative estimate of drug-likeness (QED) is 0.831. The summed E-state index contributed by atoms with van der Waals surface area (Å²) in [5.74, 6) is -2.92. The average molecular weight is 316 g/mol. The first-order valence-corrected chi connectivity index (χ1v) is 6.80. The molecule has 0 aromatic heterocycles. The maximum Gasteiger partial charge on any atom is 0.272 e. The number of rotatable bonds is 2. The van der Waals surface area contributed by atoms with Crippen LogP contribution in [0, 0.1) is 0 Å². The van der Waals surface area contributed by atoms with Crippen molar-refractivity contribution < 1.29 is 19.5 Å². The summed E-state index contributed by atoms with van der Waals surface area (Å²) in [4.78, 5) is 36.8. The van der Waals surface area contributed by atoms with Crippen molar-refractivity contribution in [1.82, 2.24) is 0 Å². The Kier molecular flexibility index (Phi) is 3.31. The fraction of sp³-hybridized carbons (Fsp3) is 0.0625. The molecule has 6 heteroatoms. The first kappa shape index (κ1) is 14.4. The number of nitrogens with one attached hydrogen (secondary N) is 1. The largest absolute Gasteiger partial charge is 0.367 e. The molecule has 1 aliphatic carbocycles. The van der Waals surface area contributed by atoms with Crippen LogP contribution in [0.1, 0.15) is 20.7 Å². The van der Waals surface area contributed by atoms with Crippen LogP contribution in [0.15, 0.2) is 48.5 Å². The molecule has 0 bridgehead atoms. The van der Waals surface area contributed by atoms with Gasteiger partial charge in [0, 0.05) is 21.8 Å². The number of carbonyl (C=O) groups excluding carboxylic acids is 3. The molecule has 0 spiro atoms. The number of Topliss-reactive ketones (excluding diaryl/α,β-unsaturated/α-hetero) is 2. The van der Waals surface area contributed by atoms with Crippen LogP contribution in [0.3, 0.4) is 0 Å². The van der Waals surface area contributed by atoms with E-state index in [9.17, 15) is 19.5 Å². The number of aliphatic hydroxyl groups is 1. The first-order valence-electron chi connectivity index (χ1n) is 6.42. The van der Waals surface area contributed by atoms with Gasteiger partial charge in [-0.3, -0.25) is 14.4 Å². The van der Waals surface area contributed by atoms with Crippen LogP contribution < -0.4 is 5.32 Å². The van der Waals surface area contributed by atoms with E-state index in [2.05, 4.69) is 5.32 Å². The smallest absolute Gasteiger partial charge is 0.272 e. The highest BCUT2D eigenvalue weighted by atomic mass is 35.5. The van der Waals surface area contributed by atoms with Crippen molar-refractivity contribution >= 4 is 34.8 Å². The Morgan fingerprint density at radius 3 is 1.95 bits per heavy atom. The van der Waals surface area contributed by atoms with Gasteiger partial charge in [0.2, 0.25) is 11.6 Å². The molecule has 3 rings (SSSR count). The molecule has 2 aromatic carbocycles. The van der Waals surface area contributed by atoms with Crippen molar-refractivity contribution in [2.24, 2.45) is 0 Å². The zero-order chi connectivity index (χ0) is 15.9. The van der Waals surface area contributed by atoms with Crippen molar-refractivity contribution in [2.75, 3.05) is 5.32 Å². The molecule has 5 nitrogen and oxygen atoms in total. The highest BCUT2D eigenvalue weighted by Gasteiger charge is 2.57. The number of halogens is 1. The van der Waals surface area contributed by atoms with Crippen molar-refractivity contribution in [3.05, 3.63) is 64.7 Å². The van der Waals surface area contributed by atoms with Gasteiger partial charge in [-0.05, 0) is 24.3 Å². The molecular formula is C16H10ClNO4. The molecule has 0 saturated heterocycles. The minimum Gasteiger partial charge on any atom is -0.367 e. The second-order valence-corrected chi connectivity index (χ2v) is 5.31. The highest BCUT2D eigenvalue weighted by molar-refractivity contribution is 6.43. The summed E-state index contributed by atoms with van der Waals surface area (Å²) < 4.78 is 0. The number of ketones is 2. The van der Waals surface area contributed by atoms with Gasteiger partial charge < -0.3 is 10.4 Å². The van der Waals surface area contributed by atoms with E-state index in [1.807, 2.05) is 0 Å². The molecule has 0 heterocycles. The molecule has 22 heavy (non-hydrogen) atoms. The molecule has 0 atom stereocenters. The fourth-order valence-electron chi connectivity index (χ4n) is 2.33. The molecule has 0 fully saturated rings. The van der Waals surface area contributed by atoms with E-state index in [0.717, 1.165) is 0 Å². The van der Waals surface area contributed by atoms with Gasteiger partial charge in [-0.25, -0.2) is 0 Å². The van der Waals surface area contributed by atoms with Crippen molar-refractivity contribution in [2.45, 2.75) is 5.60 Å². The van der Waals surface area contributed by atoms with Crippen LogP contribution in [0.4, 0.5) is 5.69 Å². The summed E-state index contributed by atoms with van der Waals surface area (Å²) in [6, 6.07) is 12.0. The zero-order valence-electron chi connectivity index (χ0n) is 11.2. The third-order valence-corrected chi connectivity index (χ3v) is 3.76. The van der Waals surface area contributed by atoms with Gasteiger partial charge in [-0.15, -0.1) is 0 Å². The molecule has 110 valence electrons. The zero-order valence-corrected chi connectivity index (χ0v) is 11.9. The number of amides is 1. The fourth-order valence-corrected chi connectivity index (χ4v) is 2.46. The van der Waals surface area contributed by atoms with E-state index < -0.39 is 23.1 Å². The van der Waals surface area contributed by atoms with Gasteiger partial charge in [0.1, 0.15) is 0 Å². The molecule has 2 N–H and O–H groups in total. The summed E-state index contributed by atoms with van der Waals surface area (Å²) in [5.41, 5.74) is -2.33. The lowest BCUT2D eigenvalue weighted by molar-refractivity contribution is -0.126. The van der Waals surface area contributed by atoms with E-state index in [-0.39, 0.29) is 11.1 Å². The predicted molar refractivity (Wildman–Crippen MR) is 80.1 cm³/mol. The minimum absolute atomic E-state index is 0.0428. The molecule has 2 aromatic rings. The van der Waals surface area contributed by atoms with Crippen LogP contribution in [0.2, 0.25) is 5.02 Å². The summed E-state index contributed by atoms with van der Waals surface area (Å²) in [5, 5.41) is 13.2. The standard InChI is InChI=1S/C16H10ClNO4/c17-9-5-7-10(8-6-9)18-15(21)16(22)13(19)11-3-1-2-4-12(11)14(16)20/h1-8,22H,(H,18,21). The van der Waals surface area contributed by atoms with Crippen LogP contribution in [0.5, 0.6) is 0 Å². The lowest BCUT2D eigenvalue weighted by atomic mass is 9.96. The van der Waals surface area contributed by atoms with Crippen molar-refractivity contribution in [3.63, 3.8) is 0 Å². The second kappa shape index (κ2) is 5.05. The third-order valence-electron chi connectivity index (χ3n) is 3.50. The predicted octanol–water partition coefficient (Wildman–Crippen LogP) is 2.09. The van der Waals surface area contributed by atoms with Gasteiger partial charge in [-0.1, -0.05) is 35.9 Å². The summed E-state index contributed by atoms with van der Waals surface area (Å²) >= 11 is 5.74. The molecule has 0 saturated carbocycles. The van der Waals surface area contributed by atoms with Crippen LogP contribution in [-0.2, 0) is 4.79 Å². The van der Waals surface area contributed by atoms with Crippen molar-refractivity contribution in [1.29, 1.82) is 0 Å². The normalized spacial score (nSPS) is 15.5. The van der Waals surface area contributed by atoms with Crippen LogP contribution >= 0.6 is 11.6 Å². The lowest BCUT2D eigenvalue weighted by Gasteiger charge is -2.18. The Labute approximate surface area is 130 Å². The Morgan fingerprint density at radius 1 is 0.955 bits per heavy atom. The van der Waals surface area contributed by atoms with E-state index in [0.29, 0.717) is 10.7 Å². The first-order chi connectivity index (χ1) is 10.4. The molecule has 0 radical (unpaired) electrons. The number of benzene rings is 2. The number of anilines is 1. The van der Waals surface area contributed by atoms with E-state index in [1.165, 1.54) is 36.4 Å². The number of hydrogen-bond acceptors (Lipinski definition) is 4. The summed E-state index contributed by atoms with van der Waals surface area (Å²) in [6.07, 6.45) is 0. The molecule has 0 unspecified atom stereocenters. The Bertz CT molecular complexity index is 763. The minimum atomic E-state index is -2.73. The topological polar surface area (TPSA) is 83.5 Å². The molecule has 0 aliphatic heterocycles. The second-order valence-electron chi connectivity index (χ2n) is 4.88. The highest BCUT2D eigenvalue weighted by Crippen LogP contribution is 2.31. The number of fused-ring (bicyclic) bond motifs is 1. The summed E-state index contributed by atoms with van der Waals surface area (Å²) in [6.45, 7) is 0. The molecule has 1 amide bonds. The van der Waals surface area contributed by atoms with Gasteiger partial charge >= 0.3 is 0 Å². The van der Waals surface area contributed by atoms with Gasteiger partial charge in [0.05, 0.1) is 0 Å². The Morgan fingerprint density at radius 2 is 1.45 bits per heavy atom. The van der Waals surface area contributed by atoms with Crippen LogP contribution in [-0.4, -0.2) is 28.2 Å². The maximum atomic E-state index is 12.3. The molecular weight excluding hydrogens is 306 g/mol. The monoisotopic (exact) mass is 315 g/mol. The van der Waals surface area contributed by atoms with E-state index >= 15 is 0 Å². The van der Waals surface area contributed by atoms with E-state index in [1.54, 1.807) is 12.1 Å². The number of hydrogen-bond donors (Lipinski definition) is 2. The van der Waals surface area contributed by atoms with Gasteiger partial charge in [0.15, 0.2) is 0 Å². The maximum absolute atomic E-state index is 12.3. The Hall–Kier alpha value is -2.50.